The van der Waals surface area contributed by atoms with E-state index in [0.29, 0.717) is 43.3 Å². The molecule has 6 nitrogen and oxygen atoms in total. The molecule has 150 valence electrons. The van der Waals surface area contributed by atoms with Crippen molar-refractivity contribution in [3.63, 3.8) is 0 Å². The van der Waals surface area contributed by atoms with Gasteiger partial charge >= 0.3 is 6.18 Å². The van der Waals surface area contributed by atoms with Crippen molar-refractivity contribution in [2.45, 2.75) is 24.9 Å². The molecule has 1 fully saturated rings. The lowest BCUT2D eigenvalue weighted by Crippen LogP contribution is -2.39. The maximum Gasteiger partial charge on any atom is 0.417 e. The van der Waals surface area contributed by atoms with Crippen molar-refractivity contribution in [1.29, 1.82) is 0 Å². The van der Waals surface area contributed by atoms with Crippen molar-refractivity contribution in [3.8, 4) is 11.6 Å². The Hall–Kier alpha value is -3.23. The molecule has 0 radical (unpaired) electrons. The first-order valence-electron chi connectivity index (χ1n) is 9.14. The summed E-state index contributed by atoms with van der Waals surface area (Å²) in [6, 6.07) is 10.2. The van der Waals surface area contributed by atoms with Gasteiger partial charge in [-0.25, -0.2) is 0 Å². The van der Waals surface area contributed by atoms with Crippen molar-refractivity contribution >= 4 is 5.91 Å². The van der Waals surface area contributed by atoms with E-state index in [9.17, 15) is 18.0 Å². The highest BCUT2D eigenvalue weighted by Crippen LogP contribution is 2.34. The van der Waals surface area contributed by atoms with E-state index < -0.39 is 17.6 Å². The molecule has 0 bridgehead atoms. The first-order valence-corrected chi connectivity index (χ1v) is 9.14. The molecular weight excluding hydrogens is 385 g/mol. The summed E-state index contributed by atoms with van der Waals surface area (Å²) in [4.78, 5) is 22.7. The molecular formula is C20H17F3N4O2. The molecule has 3 heterocycles. The number of aromatic nitrogens is 3. The highest BCUT2D eigenvalue weighted by molar-refractivity contribution is 5.96. The predicted molar refractivity (Wildman–Crippen MR) is 96.9 cm³/mol. The van der Waals surface area contributed by atoms with Gasteiger partial charge in [0.15, 0.2) is 5.82 Å². The first kappa shape index (κ1) is 19.1. The average Bonchev–Trinajstić information content (AvgIpc) is 3.24. The highest BCUT2D eigenvalue weighted by atomic mass is 19.4. The monoisotopic (exact) mass is 402 g/mol. The molecule has 1 aliphatic heterocycles. The van der Waals surface area contributed by atoms with Crippen LogP contribution in [0, 0.1) is 0 Å². The third-order valence-electron chi connectivity index (χ3n) is 4.94. The minimum absolute atomic E-state index is 0.0295. The molecule has 29 heavy (non-hydrogen) atoms. The number of rotatable bonds is 3. The third kappa shape index (κ3) is 3.98. The number of piperidine rings is 1. The van der Waals surface area contributed by atoms with Gasteiger partial charge < -0.3 is 9.42 Å². The second kappa shape index (κ2) is 7.65. The highest BCUT2D eigenvalue weighted by Gasteiger charge is 2.36. The molecule has 0 N–H and O–H groups in total. The molecule has 0 spiro atoms. The Morgan fingerprint density at radius 1 is 1.07 bits per heavy atom. The van der Waals surface area contributed by atoms with Gasteiger partial charge in [0.2, 0.25) is 0 Å². The fourth-order valence-corrected chi connectivity index (χ4v) is 3.42. The van der Waals surface area contributed by atoms with Crippen LogP contribution in [0.4, 0.5) is 13.2 Å². The molecule has 3 aromatic rings. The lowest BCUT2D eigenvalue weighted by atomic mass is 9.95. The number of hydrogen-bond acceptors (Lipinski definition) is 5. The van der Waals surface area contributed by atoms with Crippen LogP contribution in [0.2, 0.25) is 0 Å². The Morgan fingerprint density at radius 2 is 1.79 bits per heavy atom. The molecule has 0 saturated carbocycles. The second-order valence-electron chi connectivity index (χ2n) is 6.78. The number of hydrogen-bond donors (Lipinski definition) is 0. The minimum Gasteiger partial charge on any atom is -0.339 e. The summed E-state index contributed by atoms with van der Waals surface area (Å²) in [7, 11) is 0. The molecule has 2 aromatic heterocycles. The Bertz CT molecular complexity index is 996. The molecule has 0 aliphatic carbocycles. The molecule has 1 amide bonds. The number of nitrogens with zero attached hydrogens (tertiary/aromatic N) is 4. The number of likely N-dealkylation sites (tertiary alicyclic amines) is 1. The number of carbonyl (C=O) groups excluding carboxylic acids is 1. The lowest BCUT2D eigenvalue weighted by Gasteiger charge is -2.31. The molecule has 0 unspecified atom stereocenters. The van der Waals surface area contributed by atoms with E-state index in [2.05, 4.69) is 15.1 Å². The topological polar surface area (TPSA) is 72.1 Å². The zero-order chi connectivity index (χ0) is 20.4. The molecule has 1 aromatic carbocycles. The van der Waals surface area contributed by atoms with E-state index in [1.54, 1.807) is 18.3 Å². The van der Waals surface area contributed by atoms with E-state index >= 15 is 0 Å². The van der Waals surface area contributed by atoms with Crippen LogP contribution in [-0.2, 0) is 6.18 Å². The largest absolute Gasteiger partial charge is 0.417 e. The van der Waals surface area contributed by atoms with Crippen molar-refractivity contribution in [2.75, 3.05) is 13.1 Å². The molecule has 1 aliphatic rings. The van der Waals surface area contributed by atoms with Crippen molar-refractivity contribution in [1.82, 2.24) is 20.0 Å². The average molecular weight is 402 g/mol. The summed E-state index contributed by atoms with van der Waals surface area (Å²) in [5.74, 6) is 0.198. The first-order chi connectivity index (χ1) is 13.9. The number of benzene rings is 1. The number of alkyl halides is 3. The summed E-state index contributed by atoms with van der Waals surface area (Å²) in [6.07, 6.45) is -1.86. The van der Waals surface area contributed by atoms with Gasteiger partial charge in [-0.15, -0.1) is 0 Å². The quantitative estimate of drug-likeness (QED) is 0.658. The smallest absolute Gasteiger partial charge is 0.339 e. The van der Waals surface area contributed by atoms with Gasteiger partial charge in [-0.05, 0) is 37.1 Å². The second-order valence-corrected chi connectivity index (χ2v) is 6.78. The molecule has 9 heteroatoms. The van der Waals surface area contributed by atoms with E-state index in [0.717, 1.165) is 6.07 Å². The lowest BCUT2D eigenvalue weighted by molar-refractivity contribution is -0.138. The standard InChI is InChI=1S/C20H17F3N4O2/c21-20(22,23)15-6-2-1-5-14(15)19(28)27-11-8-13(9-12-27)17-25-18(29-26-17)16-7-3-4-10-24-16/h1-7,10,13H,8-9,11-12H2. The fourth-order valence-electron chi connectivity index (χ4n) is 3.42. The number of halogens is 3. The van der Waals surface area contributed by atoms with Gasteiger partial charge in [-0.3, -0.25) is 9.78 Å². The van der Waals surface area contributed by atoms with Gasteiger partial charge in [0, 0.05) is 25.2 Å². The van der Waals surface area contributed by atoms with Gasteiger partial charge in [-0.2, -0.15) is 18.2 Å². The molecule has 0 atom stereocenters. The van der Waals surface area contributed by atoms with Crippen molar-refractivity contribution < 1.29 is 22.5 Å². The van der Waals surface area contributed by atoms with Crippen LogP contribution in [0.1, 0.15) is 40.5 Å². The van der Waals surface area contributed by atoms with Crippen LogP contribution < -0.4 is 0 Å². The van der Waals surface area contributed by atoms with E-state index in [1.165, 1.54) is 23.1 Å². The summed E-state index contributed by atoms with van der Waals surface area (Å²) >= 11 is 0. The summed E-state index contributed by atoms with van der Waals surface area (Å²) in [5, 5.41) is 4.01. The number of carbonyl (C=O) groups is 1. The zero-order valence-corrected chi connectivity index (χ0v) is 15.3. The predicted octanol–water partition coefficient (Wildman–Crippen LogP) is 4.17. The maximum absolute atomic E-state index is 13.2. The molecule has 4 rings (SSSR count). The Morgan fingerprint density at radius 3 is 2.48 bits per heavy atom. The number of pyridine rings is 1. The van der Waals surface area contributed by atoms with Gasteiger partial charge in [0.05, 0.1) is 11.1 Å². The van der Waals surface area contributed by atoms with Crippen molar-refractivity contribution in [3.05, 3.63) is 65.6 Å². The van der Waals surface area contributed by atoms with E-state index in [-0.39, 0.29) is 11.5 Å². The SMILES string of the molecule is O=C(c1ccccc1C(F)(F)F)N1CCC(c2noc(-c3ccccn3)n2)CC1. The van der Waals surface area contributed by atoms with Crippen LogP contribution in [-0.4, -0.2) is 39.0 Å². The van der Waals surface area contributed by atoms with Gasteiger partial charge in [-0.1, -0.05) is 23.4 Å². The van der Waals surface area contributed by atoms with E-state index in [4.69, 9.17) is 4.52 Å². The zero-order valence-electron chi connectivity index (χ0n) is 15.3. The van der Waals surface area contributed by atoms with Crippen LogP contribution in [0.15, 0.2) is 53.2 Å². The Kier molecular flexibility index (Phi) is 5.04. The fraction of sp³-hybridized carbons (Fsp3) is 0.300. The Labute approximate surface area is 164 Å². The minimum atomic E-state index is -4.57. The normalized spacial score (nSPS) is 15.5. The maximum atomic E-state index is 13.2. The third-order valence-corrected chi connectivity index (χ3v) is 4.94. The van der Waals surface area contributed by atoms with Crippen LogP contribution in [0.3, 0.4) is 0 Å². The number of amides is 1. The van der Waals surface area contributed by atoms with Gasteiger partial charge in [0.25, 0.3) is 11.8 Å². The summed E-state index contributed by atoms with van der Waals surface area (Å²) in [6.45, 7) is 0.645. The Balaban J connectivity index is 1.44. The summed E-state index contributed by atoms with van der Waals surface area (Å²) in [5.41, 5.74) is -0.664. The van der Waals surface area contributed by atoms with E-state index in [1.807, 2.05) is 6.07 Å². The van der Waals surface area contributed by atoms with Crippen LogP contribution in [0.25, 0.3) is 11.6 Å². The van der Waals surface area contributed by atoms with Gasteiger partial charge in [0.1, 0.15) is 5.69 Å². The van der Waals surface area contributed by atoms with Crippen LogP contribution in [0.5, 0.6) is 0 Å². The summed E-state index contributed by atoms with van der Waals surface area (Å²) < 4.78 is 44.9. The molecule has 1 saturated heterocycles. The van der Waals surface area contributed by atoms with Crippen molar-refractivity contribution in [2.24, 2.45) is 0 Å². The van der Waals surface area contributed by atoms with Crippen LogP contribution >= 0.6 is 0 Å².